The lowest BCUT2D eigenvalue weighted by Gasteiger charge is -2.09. The maximum Gasteiger partial charge on any atom is 0.246 e. The fourth-order valence-corrected chi connectivity index (χ4v) is 3.63. The summed E-state index contributed by atoms with van der Waals surface area (Å²) in [4.78, 5) is 23.0. The smallest absolute Gasteiger partial charge is 0.246 e. The van der Waals surface area contributed by atoms with Crippen LogP contribution in [0.15, 0.2) is 48.5 Å². The molecule has 2 aromatic carbocycles. The van der Waals surface area contributed by atoms with Crippen molar-refractivity contribution in [3.63, 3.8) is 0 Å². The zero-order chi connectivity index (χ0) is 30.1. The molecule has 0 spiro atoms. The highest BCUT2D eigenvalue weighted by Crippen LogP contribution is 2.13. The standard InChI is InChI=1S/C32H48N2O8/c1-27-7-11-29(12-8-27)42-24-23-38-17-3-4-18-39-26-32(36)34-16-15-28-9-13-30(14-10-28)41-22-6-20-37-19-5-21-40-25-31(35)33-2/h7-14H,3-6,15-26H2,1-2H3,(H,33,35)(H,34,36). The van der Waals surface area contributed by atoms with Gasteiger partial charge in [-0.25, -0.2) is 0 Å². The first-order valence-corrected chi connectivity index (χ1v) is 14.8. The highest BCUT2D eigenvalue weighted by atomic mass is 16.5. The number of carbonyl (C=O) groups excluding carboxylic acids is 2. The monoisotopic (exact) mass is 588 g/mol. The molecule has 42 heavy (non-hydrogen) atoms. The Morgan fingerprint density at radius 2 is 1.12 bits per heavy atom. The van der Waals surface area contributed by atoms with Gasteiger partial charge < -0.3 is 39.1 Å². The van der Waals surface area contributed by atoms with Crippen molar-refractivity contribution in [2.24, 2.45) is 0 Å². The number of unbranched alkanes of at least 4 members (excludes halogenated alkanes) is 1. The van der Waals surface area contributed by atoms with Crippen LogP contribution in [0.1, 0.15) is 36.8 Å². The Morgan fingerprint density at radius 3 is 1.81 bits per heavy atom. The number of likely N-dealkylation sites (N-methyl/N-ethyl adjacent to an activating group) is 1. The number of carbonyl (C=O) groups is 2. The fourth-order valence-electron chi connectivity index (χ4n) is 3.63. The summed E-state index contributed by atoms with van der Waals surface area (Å²) in [6.07, 6.45) is 3.98. The van der Waals surface area contributed by atoms with Crippen LogP contribution in [0.5, 0.6) is 11.5 Å². The van der Waals surface area contributed by atoms with Crippen molar-refractivity contribution < 1.29 is 38.0 Å². The maximum atomic E-state index is 12.0. The molecule has 0 aliphatic carbocycles. The van der Waals surface area contributed by atoms with Gasteiger partial charge in [-0.15, -0.1) is 0 Å². The van der Waals surface area contributed by atoms with E-state index in [9.17, 15) is 9.59 Å². The van der Waals surface area contributed by atoms with Crippen LogP contribution in [0.3, 0.4) is 0 Å². The minimum Gasteiger partial charge on any atom is -0.494 e. The van der Waals surface area contributed by atoms with Crippen molar-refractivity contribution in [1.29, 1.82) is 0 Å². The molecule has 0 unspecified atom stereocenters. The largest absolute Gasteiger partial charge is 0.494 e. The Hall–Kier alpha value is -3.18. The summed E-state index contributed by atoms with van der Waals surface area (Å²) in [5.41, 5.74) is 2.33. The second-order valence-electron chi connectivity index (χ2n) is 9.67. The van der Waals surface area contributed by atoms with Crippen molar-refractivity contribution >= 4 is 11.8 Å². The Labute approximate surface area is 250 Å². The third kappa shape index (κ3) is 18.3. The molecule has 0 heterocycles. The Kier molecular flexibility index (Phi) is 19.5. The van der Waals surface area contributed by atoms with E-state index >= 15 is 0 Å². The van der Waals surface area contributed by atoms with Gasteiger partial charge in [-0.3, -0.25) is 9.59 Å². The molecule has 0 bridgehead atoms. The summed E-state index contributed by atoms with van der Waals surface area (Å²) in [5.74, 6) is 1.41. The molecule has 0 saturated carbocycles. The predicted molar refractivity (Wildman–Crippen MR) is 161 cm³/mol. The number of hydrogen-bond donors (Lipinski definition) is 2. The van der Waals surface area contributed by atoms with Crippen molar-refractivity contribution in [2.75, 3.05) is 79.7 Å². The second kappa shape index (κ2) is 23.4. The molecule has 2 amide bonds. The van der Waals surface area contributed by atoms with Gasteiger partial charge >= 0.3 is 0 Å². The van der Waals surface area contributed by atoms with Crippen LogP contribution in [-0.4, -0.2) is 91.5 Å². The second-order valence-corrected chi connectivity index (χ2v) is 9.67. The minimum atomic E-state index is -0.129. The van der Waals surface area contributed by atoms with Gasteiger partial charge in [0.05, 0.1) is 13.2 Å². The Morgan fingerprint density at radius 1 is 0.595 bits per heavy atom. The summed E-state index contributed by atoms with van der Waals surface area (Å²) < 4.78 is 33.2. The van der Waals surface area contributed by atoms with Crippen LogP contribution < -0.4 is 20.1 Å². The number of benzene rings is 2. The lowest BCUT2D eigenvalue weighted by Crippen LogP contribution is -2.29. The summed E-state index contributed by atoms with van der Waals surface area (Å²) in [6, 6.07) is 15.8. The number of hydrogen-bond acceptors (Lipinski definition) is 8. The number of nitrogens with one attached hydrogen (secondary N) is 2. The van der Waals surface area contributed by atoms with Crippen LogP contribution in [0.25, 0.3) is 0 Å². The molecule has 0 aliphatic heterocycles. The topological polar surface area (TPSA) is 114 Å². The number of aryl methyl sites for hydroxylation is 1. The molecule has 2 aromatic rings. The average Bonchev–Trinajstić information content (AvgIpc) is 3.00. The zero-order valence-electron chi connectivity index (χ0n) is 25.2. The van der Waals surface area contributed by atoms with Gasteiger partial charge in [-0.2, -0.15) is 0 Å². The third-order valence-corrected chi connectivity index (χ3v) is 6.03. The van der Waals surface area contributed by atoms with Crippen LogP contribution in [0.2, 0.25) is 0 Å². The van der Waals surface area contributed by atoms with E-state index in [0.29, 0.717) is 59.4 Å². The third-order valence-electron chi connectivity index (χ3n) is 6.03. The molecule has 0 atom stereocenters. The lowest BCUT2D eigenvalue weighted by molar-refractivity contribution is -0.126. The van der Waals surface area contributed by atoms with Gasteiger partial charge in [-0.05, 0) is 62.4 Å². The van der Waals surface area contributed by atoms with E-state index in [1.807, 2.05) is 55.5 Å². The van der Waals surface area contributed by atoms with Gasteiger partial charge in [0.1, 0.15) is 31.3 Å². The van der Waals surface area contributed by atoms with E-state index in [1.165, 1.54) is 5.56 Å². The van der Waals surface area contributed by atoms with E-state index in [2.05, 4.69) is 10.6 Å². The van der Waals surface area contributed by atoms with Crippen molar-refractivity contribution in [1.82, 2.24) is 10.6 Å². The van der Waals surface area contributed by atoms with Crippen LogP contribution in [0, 0.1) is 6.92 Å². The zero-order valence-corrected chi connectivity index (χ0v) is 25.2. The SMILES string of the molecule is CNC(=O)COCCCOCCCOc1ccc(CCNC(=O)COCCCCOCCOc2ccc(C)cc2)cc1. The normalized spacial score (nSPS) is 10.8. The first-order chi connectivity index (χ1) is 20.6. The molecule has 234 valence electrons. The van der Waals surface area contributed by atoms with Gasteiger partial charge in [0.25, 0.3) is 0 Å². The summed E-state index contributed by atoms with van der Waals surface area (Å²) >= 11 is 0. The van der Waals surface area contributed by atoms with E-state index in [4.69, 9.17) is 28.4 Å². The molecule has 0 aromatic heterocycles. The summed E-state index contributed by atoms with van der Waals surface area (Å²) in [5, 5.41) is 5.40. The van der Waals surface area contributed by atoms with Crippen molar-refractivity contribution in [3.8, 4) is 11.5 Å². The fraction of sp³-hybridized carbons (Fsp3) is 0.562. The first-order valence-electron chi connectivity index (χ1n) is 14.8. The molecular formula is C32H48N2O8. The van der Waals surface area contributed by atoms with E-state index in [-0.39, 0.29) is 25.0 Å². The van der Waals surface area contributed by atoms with Crippen LogP contribution >= 0.6 is 0 Å². The molecular weight excluding hydrogens is 540 g/mol. The number of rotatable bonds is 25. The van der Waals surface area contributed by atoms with E-state index < -0.39 is 0 Å². The maximum absolute atomic E-state index is 12.0. The molecule has 0 radical (unpaired) electrons. The molecule has 0 aliphatic rings. The predicted octanol–water partition coefficient (Wildman–Crippen LogP) is 3.48. The van der Waals surface area contributed by atoms with Crippen molar-refractivity contribution in [3.05, 3.63) is 59.7 Å². The lowest BCUT2D eigenvalue weighted by atomic mass is 10.1. The Balaban J connectivity index is 1.36. The molecule has 0 saturated heterocycles. The molecule has 10 heteroatoms. The molecule has 2 rings (SSSR count). The Bertz CT molecular complexity index is 969. The van der Waals surface area contributed by atoms with E-state index in [1.54, 1.807) is 7.05 Å². The highest BCUT2D eigenvalue weighted by Gasteiger charge is 2.03. The number of ether oxygens (including phenoxy) is 6. The van der Waals surface area contributed by atoms with Gasteiger partial charge in [0.15, 0.2) is 0 Å². The summed E-state index contributed by atoms with van der Waals surface area (Å²) in [7, 11) is 1.58. The number of amides is 2. The highest BCUT2D eigenvalue weighted by molar-refractivity contribution is 5.77. The first kappa shape index (κ1) is 35.0. The van der Waals surface area contributed by atoms with Crippen LogP contribution in [-0.2, 0) is 35.0 Å². The quantitative estimate of drug-likeness (QED) is 0.170. The van der Waals surface area contributed by atoms with Gasteiger partial charge in [0.2, 0.25) is 11.8 Å². The average molecular weight is 589 g/mol. The van der Waals surface area contributed by atoms with Gasteiger partial charge in [-0.1, -0.05) is 29.8 Å². The summed E-state index contributed by atoms with van der Waals surface area (Å²) in [6.45, 7) is 7.24. The molecule has 0 fully saturated rings. The minimum absolute atomic E-state index is 0.0627. The van der Waals surface area contributed by atoms with Crippen molar-refractivity contribution in [2.45, 2.75) is 39.0 Å². The van der Waals surface area contributed by atoms with Crippen LogP contribution in [0.4, 0.5) is 0 Å². The molecule has 2 N–H and O–H groups in total. The molecule has 10 nitrogen and oxygen atoms in total. The van der Waals surface area contributed by atoms with E-state index in [0.717, 1.165) is 49.2 Å². The van der Waals surface area contributed by atoms with Gasteiger partial charge in [0, 0.05) is 53.0 Å².